The van der Waals surface area contributed by atoms with Crippen LogP contribution in [0.4, 0.5) is 0 Å². The SMILES string of the molecule is Cc1c(C(=O)c2ccccc2)c2ccccc2n1CCCCSCCc1ccccc1. The lowest BCUT2D eigenvalue weighted by Crippen LogP contribution is -2.06. The molecule has 158 valence electrons. The van der Waals surface area contributed by atoms with Gasteiger partial charge in [0.25, 0.3) is 0 Å². The Labute approximate surface area is 189 Å². The van der Waals surface area contributed by atoms with E-state index in [1.54, 1.807) is 0 Å². The molecule has 0 N–H and O–H groups in total. The minimum atomic E-state index is 0.115. The Kier molecular flexibility index (Phi) is 7.26. The molecule has 31 heavy (non-hydrogen) atoms. The number of para-hydroxylation sites is 1. The predicted octanol–water partition coefficient (Wildman–Crippen LogP) is 6.94. The number of benzene rings is 3. The quantitative estimate of drug-likeness (QED) is 0.202. The minimum absolute atomic E-state index is 0.115. The van der Waals surface area contributed by atoms with Gasteiger partial charge in [-0.3, -0.25) is 4.79 Å². The lowest BCUT2D eigenvalue weighted by atomic mass is 10.0. The number of aromatic nitrogens is 1. The van der Waals surface area contributed by atoms with Gasteiger partial charge in [0.05, 0.1) is 5.56 Å². The van der Waals surface area contributed by atoms with Crippen LogP contribution in [0.1, 0.15) is 40.0 Å². The Morgan fingerprint density at radius 2 is 1.48 bits per heavy atom. The van der Waals surface area contributed by atoms with Crippen LogP contribution >= 0.6 is 11.8 Å². The molecule has 4 rings (SSSR count). The van der Waals surface area contributed by atoms with E-state index < -0.39 is 0 Å². The molecule has 0 atom stereocenters. The Morgan fingerprint density at radius 1 is 0.806 bits per heavy atom. The second-order valence-electron chi connectivity index (χ2n) is 7.88. The molecule has 0 aliphatic carbocycles. The summed E-state index contributed by atoms with van der Waals surface area (Å²) in [7, 11) is 0. The van der Waals surface area contributed by atoms with Crippen molar-refractivity contribution in [1.29, 1.82) is 0 Å². The summed E-state index contributed by atoms with van der Waals surface area (Å²) in [4.78, 5) is 13.2. The van der Waals surface area contributed by atoms with Crippen molar-refractivity contribution in [1.82, 2.24) is 4.57 Å². The molecule has 0 fully saturated rings. The molecule has 0 unspecified atom stereocenters. The van der Waals surface area contributed by atoms with Gasteiger partial charge in [-0.25, -0.2) is 0 Å². The van der Waals surface area contributed by atoms with E-state index in [2.05, 4.69) is 60.0 Å². The number of carbonyl (C=O) groups is 1. The Bertz CT molecular complexity index is 1130. The van der Waals surface area contributed by atoms with E-state index >= 15 is 0 Å². The zero-order chi connectivity index (χ0) is 21.5. The van der Waals surface area contributed by atoms with Crippen LogP contribution < -0.4 is 0 Å². The van der Waals surface area contributed by atoms with Crippen molar-refractivity contribution < 1.29 is 4.79 Å². The highest BCUT2D eigenvalue weighted by atomic mass is 32.2. The molecule has 1 aromatic heterocycles. The first-order valence-electron chi connectivity index (χ1n) is 11.0. The van der Waals surface area contributed by atoms with Crippen LogP contribution in [-0.4, -0.2) is 21.9 Å². The molecule has 0 radical (unpaired) electrons. The Hall–Kier alpha value is -2.78. The van der Waals surface area contributed by atoms with Crippen LogP contribution in [0.2, 0.25) is 0 Å². The zero-order valence-electron chi connectivity index (χ0n) is 18.1. The van der Waals surface area contributed by atoms with Crippen LogP contribution in [0.25, 0.3) is 10.9 Å². The molecular weight excluding hydrogens is 398 g/mol. The minimum Gasteiger partial charge on any atom is -0.344 e. The fourth-order valence-electron chi connectivity index (χ4n) is 4.15. The zero-order valence-corrected chi connectivity index (χ0v) is 18.9. The van der Waals surface area contributed by atoms with E-state index in [1.165, 1.54) is 23.5 Å². The summed E-state index contributed by atoms with van der Waals surface area (Å²) in [6, 6.07) is 28.6. The molecular formula is C28H29NOS. The van der Waals surface area contributed by atoms with E-state index in [0.29, 0.717) is 0 Å². The molecule has 0 amide bonds. The molecule has 0 saturated carbocycles. The maximum atomic E-state index is 13.2. The molecule has 1 heterocycles. The molecule has 0 aliphatic rings. The highest BCUT2D eigenvalue weighted by Gasteiger charge is 2.20. The van der Waals surface area contributed by atoms with Crippen molar-refractivity contribution in [3.8, 4) is 0 Å². The second kappa shape index (κ2) is 10.5. The van der Waals surface area contributed by atoms with Crippen LogP contribution in [0, 0.1) is 6.92 Å². The standard InChI is InChI=1S/C28H29NOS/c1-22-27(28(30)24-14-6-3-7-15-24)25-16-8-9-17-26(25)29(22)19-10-11-20-31-21-18-23-12-4-2-5-13-23/h2-9,12-17H,10-11,18-21H2,1H3. The summed E-state index contributed by atoms with van der Waals surface area (Å²) in [5.74, 6) is 2.47. The lowest BCUT2D eigenvalue weighted by molar-refractivity contribution is 0.103. The summed E-state index contributed by atoms with van der Waals surface area (Å²) in [5, 5.41) is 1.06. The van der Waals surface area contributed by atoms with Gasteiger partial charge in [0.15, 0.2) is 5.78 Å². The van der Waals surface area contributed by atoms with Crippen LogP contribution in [0.15, 0.2) is 84.9 Å². The first kappa shape index (κ1) is 21.5. The second-order valence-corrected chi connectivity index (χ2v) is 9.10. The van der Waals surface area contributed by atoms with E-state index in [1.807, 2.05) is 48.2 Å². The van der Waals surface area contributed by atoms with E-state index in [0.717, 1.165) is 47.1 Å². The number of rotatable bonds is 10. The number of hydrogen-bond donors (Lipinski definition) is 0. The molecule has 4 aromatic rings. The summed E-state index contributed by atoms with van der Waals surface area (Å²) in [6.45, 7) is 3.04. The Balaban J connectivity index is 1.38. The van der Waals surface area contributed by atoms with E-state index in [9.17, 15) is 4.79 Å². The fourth-order valence-corrected chi connectivity index (χ4v) is 5.14. The number of ketones is 1. The smallest absolute Gasteiger partial charge is 0.195 e. The maximum Gasteiger partial charge on any atom is 0.195 e. The average molecular weight is 428 g/mol. The number of unbranched alkanes of at least 4 members (excludes halogenated alkanes) is 1. The molecule has 0 saturated heterocycles. The van der Waals surface area contributed by atoms with Gasteiger partial charge < -0.3 is 4.57 Å². The molecule has 0 bridgehead atoms. The van der Waals surface area contributed by atoms with Crippen molar-refractivity contribution in [3.05, 3.63) is 107 Å². The van der Waals surface area contributed by atoms with Crippen molar-refractivity contribution >= 4 is 28.4 Å². The largest absolute Gasteiger partial charge is 0.344 e. The highest BCUT2D eigenvalue weighted by Crippen LogP contribution is 2.28. The first-order chi connectivity index (χ1) is 15.3. The summed E-state index contributed by atoms with van der Waals surface area (Å²) in [5.41, 5.74) is 5.25. The van der Waals surface area contributed by atoms with Crippen molar-refractivity contribution in [3.63, 3.8) is 0 Å². The molecule has 0 spiro atoms. The molecule has 2 nitrogen and oxygen atoms in total. The third kappa shape index (κ3) is 5.11. The number of aryl methyl sites for hydroxylation is 2. The van der Waals surface area contributed by atoms with Gasteiger partial charge in [0.1, 0.15) is 0 Å². The van der Waals surface area contributed by atoms with Gasteiger partial charge in [-0.15, -0.1) is 0 Å². The third-order valence-electron chi connectivity index (χ3n) is 5.79. The van der Waals surface area contributed by atoms with Gasteiger partial charge in [-0.1, -0.05) is 78.9 Å². The van der Waals surface area contributed by atoms with E-state index in [4.69, 9.17) is 0 Å². The normalized spacial score (nSPS) is 11.1. The highest BCUT2D eigenvalue weighted by molar-refractivity contribution is 7.99. The summed E-state index contributed by atoms with van der Waals surface area (Å²) >= 11 is 2.04. The maximum absolute atomic E-state index is 13.2. The van der Waals surface area contributed by atoms with Gasteiger partial charge >= 0.3 is 0 Å². The van der Waals surface area contributed by atoms with Gasteiger partial charge in [-0.05, 0) is 49.3 Å². The van der Waals surface area contributed by atoms with Crippen LogP contribution in [0.5, 0.6) is 0 Å². The molecule has 3 heteroatoms. The van der Waals surface area contributed by atoms with Crippen LogP contribution in [0.3, 0.4) is 0 Å². The Morgan fingerprint density at radius 3 is 2.26 bits per heavy atom. The van der Waals surface area contributed by atoms with Gasteiger partial charge in [-0.2, -0.15) is 11.8 Å². The topological polar surface area (TPSA) is 22.0 Å². The third-order valence-corrected chi connectivity index (χ3v) is 6.86. The van der Waals surface area contributed by atoms with Crippen LogP contribution in [-0.2, 0) is 13.0 Å². The lowest BCUT2D eigenvalue weighted by Gasteiger charge is -2.09. The average Bonchev–Trinajstić information content (AvgIpc) is 3.10. The first-order valence-corrected chi connectivity index (χ1v) is 12.2. The monoisotopic (exact) mass is 427 g/mol. The van der Waals surface area contributed by atoms with Crippen molar-refractivity contribution in [2.45, 2.75) is 32.7 Å². The predicted molar refractivity (Wildman–Crippen MR) is 133 cm³/mol. The molecule has 0 aliphatic heterocycles. The molecule has 3 aromatic carbocycles. The fraction of sp³-hybridized carbons (Fsp3) is 0.250. The van der Waals surface area contributed by atoms with Gasteiger partial charge in [0, 0.05) is 28.7 Å². The number of hydrogen-bond acceptors (Lipinski definition) is 2. The van der Waals surface area contributed by atoms with E-state index in [-0.39, 0.29) is 5.78 Å². The summed E-state index contributed by atoms with van der Waals surface area (Å²) in [6.07, 6.45) is 3.45. The number of carbonyl (C=O) groups excluding carboxylic acids is 1. The van der Waals surface area contributed by atoms with Crippen molar-refractivity contribution in [2.75, 3.05) is 11.5 Å². The number of nitrogens with zero attached hydrogens (tertiary/aromatic N) is 1. The number of thioether (sulfide) groups is 1. The van der Waals surface area contributed by atoms with Crippen molar-refractivity contribution in [2.24, 2.45) is 0 Å². The summed E-state index contributed by atoms with van der Waals surface area (Å²) < 4.78 is 2.33. The van der Waals surface area contributed by atoms with Gasteiger partial charge in [0.2, 0.25) is 0 Å². The number of fused-ring (bicyclic) bond motifs is 1.